The molecule has 0 atom stereocenters. The molecule has 5 nitrogen and oxygen atoms in total. The number of H-pyrrole nitrogens is 1. The van der Waals surface area contributed by atoms with E-state index in [0.29, 0.717) is 34.0 Å². The van der Waals surface area contributed by atoms with Crippen molar-refractivity contribution in [2.75, 3.05) is 0 Å². The standard InChI is InChI=1S/C19H13FN2O3/c1-10-8-11(20)6-7-14(10)25-9-15-21-16-12-4-2-3-5-13(12)18(23)19(24)17(16)22-15/h2-8H,9H2,1H3,(H,21,22). The van der Waals surface area contributed by atoms with E-state index in [2.05, 4.69) is 9.97 Å². The first-order valence-electron chi connectivity index (χ1n) is 7.71. The first-order chi connectivity index (χ1) is 12.0. The summed E-state index contributed by atoms with van der Waals surface area (Å²) in [5.74, 6) is -0.539. The maximum atomic E-state index is 13.1. The summed E-state index contributed by atoms with van der Waals surface area (Å²) >= 11 is 0. The van der Waals surface area contributed by atoms with Crippen LogP contribution in [0, 0.1) is 12.7 Å². The Morgan fingerprint density at radius 3 is 2.60 bits per heavy atom. The molecule has 2 aromatic carbocycles. The number of nitrogens with zero attached hydrogens (tertiary/aromatic N) is 1. The van der Waals surface area contributed by atoms with Gasteiger partial charge in [0.25, 0.3) is 5.78 Å². The van der Waals surface area contributed by atoms with Crippen LogP contribution in [-0.2, 0) is 6.61 Å². The SMILES string of the molecule is Cc1cc(F)ccc1OCc1nc2c([nH]1)C(=O)C(=O)c1ccccc1-2. The molecule has 25 heavy (non-hydrogen) atoms. The maximum Gasteiger partial charge on any atom is 0.251 e. The number of aromatic amines is 1. The fraction of sp³-hybridized carbons (Fsp3) is 0.105. The number of aromatic nitrogens is 2. The number of Topliss-reactive ketones (excluding diaryl/α,β-unsaturated/α-hetero) is 2. The Bertz CT molecular complexity index is 1020. The molecule has 0 spiro atoms. The summed E-state index contributed by atoms with van der Waals surface area (Å²) < 4.78 is 18.8. The van der Waals surface area contributed by atoms with Crippen molar-refractivity contribution in [2.24, 2.45) is 0 Å². The third-order valence-electron chi connectivity index (χ3n) is 4.11. The predicted molar refractivity (Wildman–Crippen MR) is 88.2 cm³/mol. The van der Waals surface area contributed by atoms with Gasteiger partial charge < -0.3 is 9.72 Å². The third kappa shape index (κ3) is 2.52. The monoisotopic (exact) mass is 336 g/mol. The summed E-state index contributed by atoms with van der Waals surface area (Å²) in [6, 6.07) is 11.1. The molecule has 1 aliphatic rings. The van der Waals surface area contributed by atoms with Gasteiger partial charge in [-0.15, -0.1) is 0 Å². The van der Waals surface area contributed by atoms with Crippen LogP contribution in [0.25, 0.3) is 11.3 Å². The van der Waals surface area contributed by atoms with Crippen LogP contribution in [0.2, 0.25) is 0 Å². The lowest BCUT2D eigenvalue weighted by atomic mass is 9.90. The third-order valence-corrected chi connectivity index (χ3v) is 4.11. The van der Waals surface area contributed by atoms with Gasteiger partial charge in [-0.3, -0.25) is 9.59 Å². The Morgan fingerprint density at radius 1 is 1.08 bits per heavy atom. The molecule has 1 aliphatic carbocycles. The van der Waals surface area contributed by atoms with Crippen LogP contribution in [0.1, 0.15) is 32.2 Å². The largest absolute Gasteiger partial charge is 0.485 e. The summed E-state index contributed by atoms with van der Waals surface area (Å²) in [5, 5.41) is 0. The number of carbonyl (C=O) groups is 2. The van der Waals surface area contributed by atoms with E-state index in [0.717, 1.165) is 0 Å². The highest BCUT2D eigenvalue weighted by Crippen LogP contribution is 2.32. The Morgan fingerprint density at radius 2 is 1.84 bits per heavy atom. The first kappa shape index (κ1) is 15.3. The van der Waals surface area contributed by atoms with E-state index in [4.69, 9.17) is 4.74 Å². The quantitative estimate of drug-likeness (QED) is 0.743. The van der Waals surface area contributed by atoms with Crippen molar-refractivity contribution in [3.63, 3.8) is 0 Å². The zero-order valence-electron chi connectivity index (χ0n) is 13.3. The van der Waals surface area contributed by atoms with Gasteiger partial charge in [-0.1, -0.05) is 24.3 Å². The lowest BCUT2D eigenvalue weighted by Gasteiger charge is -2.11. The highest BCUT2D eigenvalue weighted by Gasteiger charge is 2.33. The molecule has 0 saturated heterocycles. The molecule has 124 valence electrons. The van der Waals surface area contributed by atoms with E-state index in [-0.39, 0.29) is 18.1 Å². The number of hydrogen-bond acceptors (Lipinski definition) is 4. The van der Waals surface area contributed by atoms with Gasteiger partial charge in [0.2, 0.25) is 5.78 Å². The number of ketones is 2. The number of fused-ring (bicyclic) bond motifs is 3. The fourth-order valence-electron chi connectivity index (χ4n) is 2.89. The minimum atomic E-state index is -0.606. The first-order valence-corrected chi connectivity index (χ1v) is 7.71. The number of ether oxygens (including phenoxy) is 1. The molecule has 0 fully saturated rings. The van der Waals surface area contributed by atoms with Crippen LogP contribution in [0.4, 0.5) is 4.39 Å². The molecular formula is C19H13FN2O3. The molecule has 0 unspecified atom stereocenters. The van der Waals surface area contributed by atoms with Crippen molar-refractivity contribution in [3.05, 3.63) is 70.9 Å². The lowest BCUT2D eigenvalue weighted by molar-refractivity contribution is 0.0812. The minimum absolute atomic E-state index is 0.0725. The Kier molecular flexibility index (Phi) is 3.46. The van der Waals surface area contributed by atoms with Crippen molar-refractivity contribution in [2.45, 2.75) is 13.5 Å². The molecule has 0 radical (unpaired) electrons. The highest BCUT2D eigenvalue weighted by molar-refractivity contribution is 6.52. The summed E-state index contributed by atoms with van der Waals surface area (Å²) in [7, 11) is 0. The second-order valence-electron chi connectivity index (χ2n) is 5.81. The van der Waals surface area contributed by atoms with Gasteiger partial charge >= 0.3 is 0 Å². The van der Waals surface area contributed by atoms with Gasteiger partial charge in [0.1, 0.15) is 35.4 Å². The van der Waals surface area contributed by atoms with Crippen LogP contribution < -0.4 is 4.74 Å². The minimum Gasteiger partial charge on any atom is -0.485 e. The highest BCUT2D eigenvalue weighted by atomic mass is 19.1. The number of aryl methyl sites for hydroxylation is 1. The number of hydrogen-bond donors (Lipinski definition) is 1. The van der Waals surface area contributed by atoms with Gasteiger partial charge in [-0.25, -0.2) is 9.37 Å². The van der Waals surface area contributed by atoms with Crippen LogP contribution >= 0.6 is 0 Å². The van der Waals surface area contributed by atoms with Gasteiger partial charge in [0.15, 0.2) is 0 Å². The van der Waals surface area contributed by atoms with E-state index >= 15 is 0 Å². The fourth-order valence-corrected chi connectivity index (χ4v) is 2.89. The van der Waals surface area contributed by atoms with Crippen molar-refractivity contribution < 1.29 is 18.7 Å². The molecule has 0 saturated carbocycles. The zero-order valence-corrected chi connectivity index (χ0v) is 13.3. The lowest BCUT2D eigenvalue weighted by Crippen LogP contribution is -2.21. The average molecular weight is 336 g/mol. The smallest absolute Gasteiger partial charge is 0.251 e. The van der Waals surface area contributed by atoms with E-state index in [9.17, 15) is 14.0 Å². The molecule has 4 rings (SSSR count). The van der Waals surface area contributed by atoms with E-state index in [1.807, 2.05) is 0 Å². The molecule has 1 N–H and O–H groups in total. The number of benzene rings is 2. The Labute approximate surface area is 142 Å². The number of rotatable bonds is 3. The molecule has 0 aliphatic heterocycles. The molecule has 1 aromatic heterocycles. The normalized spacial score (nSPS) is 12.7. The topological polar surface area (TPSA) is 72.0 Å². The van der Waals surface area contributed by atoms with Crippen molar-refractivity contribution >= 4 is 11.6 Å². The number of nitrogens with one attached hydrogen (secondary N) is 1. The van der Waals surface area contributed by atoms with E-state index in [1.165, 1.54) is 18.2 Å². The molecule has 6 heteroatoms. The summed E-state index contributed by atoms with van der Waals surface area (Å²) in [5.41, 5.74) is 2.27. The average Bonchev–Trinajstić information content (AvgIpc) is 3.03. The van der Waals surface area contributed by atoms with Gasteiger partial charge in [-0.2, -0.15) is 0 Å². The van der Waals surface area contributed by atoms with E-state index < -0.39 is 11.6 Å². The zero-order chi connectivity index (χ0) is 17.6. The van der Waals surface area contributed by atoms with Crippen LogP contribution in [0.15, 0.2) is 42.5 Å². The maximum absolute atomic E-state index is 13.1. The second-order valence-corrected chi connectivity index (χ2v) is 5.81. The van der Waals surface area contributed by atoms with Crippen molar-refractivity contribution in [1.82, 2.24) is 9.97 Å². The second kappa shape index (κ2) is 5.66. The van der Waals surface area contributed by atoms with E-state index in [1.54, 1.807) is 31.2 Å². The molecule has 0 bridgehead atoms. The summed E-state index contributed by atoms with van der Waals surface area (Å²) in [6.45, 7) is 1.81. The Balaban J connectivity index is 1.66. The molecule has 0 amide bonds. The van der Waals surface area contributed by atoms with Gasteiger partial charge in [0, 0.05) is 11.1 Å². The predicted octanol–water partition coefficient (Wildman–Crippen LogP) is 3.48. The van der Waals surface area contributed by atoms with Crippen LogP contribution in [-0.4, -0.2) is 21.5 Å². The van der Waals surface area contributed by atoms with Crippen molar-refractivity contribution in [3.8, 4) is 17.0 Å². The Hall–Kier alpha value is -3.28. The number of halogens is 1. The van der Waals surface area contributed by atoms with Crippen LogP contribution in [0.5, 0.6) is 5.75 Å². The van der Waals surface area contributed by atoms with Gasteiger partial charge in [-0.05, 0) is 30.7 Å². The molecular weight excluding hydrogens is 323 g/mol. The number of imidazole rings is 1. The summed E-state index contributed by atoms with van der Waals surface area (Å²) in [4.78, 5) is 31.7. The van der Waals surface area contributed by atoms with Crippen LogP contribution in [0.3, 0.4) is 0 Å². The summed E-state index contributed by atoms with van der Waals surface area (Å²) in [6.07, 6.45) is 0. The number of carbonyl (C=O) groups excluding carboxylic acids is 2. The molecule has 3 aromatic rings. The van der Waals surface area contributed by atoms with Crippen molar-refractivity contribution in [1.29, 1.82) is 0 Å². The van der Waals surface area contributed by atoms with Gasteiger partial charge in [0.05, 0.1) is 0 Å². The molecule has 1 heterocycles.